The van der Waals surface area contributed by atoms with E-state index >= 15 is 0 Å². The van der Waals surface area contributed by atoms with Crippen LogP contribution >= 0.6 is 0 Å². The molecule has 0 spiro atoms. The van der Waals surface area contributed by atoms with Gasteiger partial charge in [-0.25, -0.2) is 0 Å². The molecule has 3 unspecified atom stereocenters. The van der Waals surface area contributed by atoms with Gasteiger partial charge in [0.2, 0.25) is 0 Å². The summed E-state index contributed by atoms with van der Waals surface area (Å²) in [6, 6.07) is 7.41. The van der Waals surface area contributed by atoms with Gasteiger partial charge in [-0.1, -0.05) is 31.9 Å². The summed E-state index contributed by atoms with van der Waals surface area (Å²) < 4.78 is 5.10. The molecule has 0 amide bonds. The van der Waals surface area contributed by atoms with E-state index in [9.17, 15) is 10.2 Å². The highest BCUT2D eigenvalue weighted by Crippen LogP contribution is 2.31. The number of methoxy groups -OCH3 is 1. The van der Waals surface area contributed by atoms with Gasteiger partial charge in [0.1, 0.15) is 5.75 Å². The first-order chi connectivity index (χ1) is 10.0. The predicted octanol–water partition coefficient (Wildman–Crippen LogP) is 2.26. The van der Waals surface area contributed by atoms with Crippen molar-refractivity contribution in [3.63, 3.8) is 0 Å². The molecule has 0 radical (unpaired) electrons. The van der Waals surface area contributed by atoms with E-state index in [1.165, 1.54) is 6.42 Å². The molecule has 4 heteroatoms. The van der Waals surface area contributed by atoms with E-state index < -0.39 is 11.7 Å². The van der Waals surface area contributed by atoms with Gasteiger partial charge in [0, 0.05) is 13.1 Å². The van der Waals surface area contributed by atoms with Gasteiger partial charge in [0.25, 0.3) is 0 Å². The average Bonchev–Trinajstić information content (AvgIpc) is 2.47. The summed E-state index contributed by atoms with van der Waals surface area (Å²) >= 11 is 0. The minimum atomic E-state index is -0.614. The van der Waals surface area contributed by atoms with Crippen molar-refractivity contribution >= 4 is 0 Å². The molecule has 1 saturated carbocycles. The number of nitrogens with one attached hydrogen (secondary N) is 1. The zero-order valence-electron chi connectivity index (χ0n) is 13.0. The first-order valence-corrected chi connectivity index (χ1v) is 7.77. The second-order valence-corrected chi connectivity index (χ2v) is 6.35. The van der Waals surface area contributed by atoms with E-state index in [4.69, 9.17) is 4.74 Å². The lowest BCUT2D eigenvalue weighted by atomic mass is 9.79. The fraction of sp³-hybridized carbons (Fsp3) is 0.647. The van der Waals surface area contributed by atoms with Gasteiger partial charge >= 0.3 is 0 Å². The maximum atomic E-state index is 10.5. The first-order valence-electron chi connectivity index (χ1n) is 7.77. The highest BCUT2D eigenvalue weighted by atomic mass is 16.5. The molecule has 1 aromatic carbocycles. The molecule has 1 aliphatic rings. The Bertz CT molecular complexity index is 434. The Hall–Kier alpha value is -1.10. The van der Waals surface area contributed by atoms with Gasteiger partial charge < -0.3 is 20.3 Å². The van der Waals surface area contributed by atoms with E-state index in [1.54, 1.807) is 7.11 Å². The van der Waals surface area contributed by atoms with Crippen LogP contribution < -0.4 is 10.1 Å². The smallest absolute Gasteiger partial charge is 0.118 e. The summed E-state index contributed by atoms with van der Waals surface area (Å²) in [5.41, 5.74) is 0.240. The lowest BCUT2D eigenvalue weighted by Crippen LogP contribution is -2.44. The summed E-state index contributed by atoms with van der Waals surface area (Å²) in [6.07, 6.45) is 3.42. The normalized spacial score (nSPS) is 27.3. The number of hydrogen-bond donors (Lipinski definition) is 3. The van der Waals surface area contributed by atoms with Crippen LogP contribution in [0.3, 0.4) is 0 Å². The molecule has 0 saturated heterocycles. The Morgan fingerprint density at radius 1 is 1.38 bits per heavy atom. The Balaban J connectivity index is 1.79. The fourth-order valence-corrected chi connectivity index (χ4v) is 3.18. The predicted molar refractivity (Wildman–Crippen MR) is 83.4 cm³/mol. The maximum absolute atomic E-state index is 10.5. The molecule has 0 aromatic heterocycles. The van der Waals surface area contributed by atoms with Crippen LogP contribution in [0.5, 0.6) is 5.75 Å². The quantitative estimate of drug-likeness (QED) is 0.753. The Morgan fingerprint density at radius 3 is 2.71 bits per heavy atom. The molecule has 3 atom stereocenters. The average molecular weight is 293 g/mol. The van der Waals surface area contributed by atoms with Crippen LogP contribution in [-0.4, -0.2) is 36.0 Å². The summed E-state index contributed by atoms with van der Waals surface area (Å²) in [6.45, 7) is 3.18. The van der Waals surface area contributed by atoms with Crippen LogP contribution in [0.1, 0.15) is 44.3 Å². The monoisotopic (exact) mass is 293 g/mol. The number of benzene rings is 1. The van der Waals surface area contributed by atoms with E-state index in [2.05, 4.69) is 12.2 Å². The van der Waals surface area contributed by atoms with Crippen molar-refractivity contribution in [2.45, 2.75) is 44.3 Å². The van der Waals surface area contributed by atoms with Gasteiger partial charge in [0.15, 0.2) is 0 Å². The zero-order chi connectivity index (χ0) is 15.3. The van der Waals surface area contributed by atoms with Crippen LogP contribution in [0.4, 0.5) is 0 Å². The van der Waals surface area contributed by atoms with E-state index in [0.717, 1.165) is 30.6 Å². The van der Waals surface area contributed by atoms with Crippen molar-refractivity contribution in [2.75, 3.05) is 20.2 Å². The van der Waals surface area contributed by atoms with Gasteiger partial charge in [-0.2, -0.15) is 0 Å². The van der Waals surface area contributed by atoms with Crippen molar-refractivity contribution in [1.82, 2.24) is 5.32 Å². The first kappa shape index (κ1) is 16.3. The zero-order valence-corrected chi connectivity index (χ0v) is 13.0. The van der Waals surface area contributed by atoms with Crippen LogP contribution in [-0.2, 0) is 0 Å². The lowest BCUT2D eigenvalue weighted by Gasteiger charge is -2.36. The number of hydrogen-bond acceptors (Lipinski definition) is 4. The summed E-state index contributed by atoms with van der Waals surface area (Å²) in [5.74, 6) is 1.36. The van der Waals surface area contributed by atoms with E-state index in [0.29, 0.717) is 19.0 Å². The molecular weight excluding hydrogens is 266 g/mol. The van der Waals surface area contributed by atoms with Crippen molar-refractivity contribution in [3.8, 4) is 5.75 Å². The van der Waals surface area contributed by atoms with Crippen molar-refractivity contribution in [3.05, 3.63) is 29.8 Å². The molecule has 4 nitrogen and oxygen atoms in total. The Morgan fingerprint density at radius 2 is 2.10 bits per heavy atom. The van der Waals surface area contributed by atoms with Crippen LogP contribution in [0, 0.1) is 5.92 Å². The molecule has 3 N–H and O–H groups in total. The third-order valence-corrected chi connectivity index (χ3v) is 4.36. The minimum absolute atomic E-state index is 0.447. The van der Waals surface area contributed by atoms with Gasteiger partial charge in [0.05, 0.1) is 18.8 Å². The second kappa shape index (κ2) is 7.25. The standard InChI is InChI=1S/C17H27NO3/c1-13-4-3-9-17(20,10-13)12-18-11-16(19)14-5-7-15(21-2)8-6-14/h5-8,13,16,18-20H,3-4,9-12H2,1-2H3. The molecule has 1 aliphatic carbocycles. The van der Waals surface area contributed by atoms with Crippen LogP contribution in [0.15, 0.2) is 24.3 Å². The lowest BCUT2D eigenvalue weighted by molar-refractivity contribution is -0.0135. The van der Waals surface area contributed by atoms with Crippen molar-refractivity contribution < 1.29 is 14.9 Å². The van der Waals surface area contributed by atoms with Crippen LogP contribution in [0.2, 0.25) is 0 Å². The molecule has 0 heterocycles. The molecular formula is C17H27NO3. The summed E-state index contributed by atoms with van der Waals surface area (Å²) in [5, 5.41) is 23.9. The van der Waals surface area contributed by atoms with Gasteiger partial charge in [-0.05, 0) is 36.5 Å². The highest BCUT2D eigenvalue weighted by molar-refractivity contribution is 5.28. The summed E-state index contributed by atoms with van der Waals surface area (Å²) in [7, 11) is 1.62. The summed E-state index contributed by atoms with van der Waals surface area (Å²) in [4.78, 5) is 0. The Kier molecular flexibility index (Phi) is 5.62. The molecule has 2 rings (SSSR count). The SMILES string of the molecule is COc1ccc(C(O)CNCC2(O)CCCC(C)C2)cc1. The van der Waals surface area contributed by atoms with Gasteiger partial charge in [-0.15, -0.1) is 0 Å². The van der Waals surface area contributed by atoms with E-state index in [-0.39, 0.29) is 0 Å². The maximum Gasteiger partial charge on any atom is 0.118 e. The molecule has 21 heavy (non-hydrogen) atoms. The Labute approximate surface area is 127 Å². The third kappa shape index (κ3) is 4.70. The van der Waals surface area contributed by atoms with Crippen molar-refractivity contribution in [1.29, 1.82) is 0 Å². The van der Waals surface area contributed by atoms with E-state index in [1.807, 2.05) is 24.3 Å². The third-order valence-electron chi connectivity index (χ3n) is 4.36. The van der Waals surface area contributed by atoms with Crippen molar-refractivity contribution in [2.24, 2.45) is 5.92 Å². The number of aliphatic hydroxyl groups is 2. The second-order valence-electron chi connectivity index (χ2n) is 6.35. The molecule has 1 fully saturated rings. The molecule has 118 valence electrons. The molecule has 0 aliphatic heterocycles. The number of rotatable bonds is 6. The van der Waals surface area contributed by atoms with Crippen LogP contribution in [0.25, 0.3) is 0 Å². The highest BCUT2D eigenvalue weighted by Gasteiger charge is 2.32. The largest absolute Gasteiger partial charge is 0.497 e. The number of aliphatic hydroxyl groups excluding tert-OH is 1. The fourth-order valence-electron chi connectivity index (χ4n) is 3.18. The topological polar surface area (TPSA) is 61.7 Å². The molecule has 0 bridgehead atoms. The number of ether oxygens (including phenoxy) is 1. The molecule has 1 aromatic rings. The minimum Gasteiger partial charge on any atom is -0.497 e. The van der Waals surface area contributed by atoms with Gasteiger partial charge in [-0.3, -0.25) is 0 Å².